The predicted molar refractivity (Wildman–Crippen MR) is 72.7 cm³/mol. The third-order valence-corrected chi connectivity index (χ3v) is 2.94. The van der Waals surface area contributed by atoms with Gasteiger partial charge in [-0.1, -0.05) is 12.1 Å². The summed E-state index contributed by atoms with van der Waals surface area (Å²) in [5.74, 6) is 0.630. The van der Waals surface area contributed by atoms with E-state index in [0.717, 1.165) is 10.0 Å². The largest absolute Gasteiger partial charge is 0.369 e. The molecule has 3 N–H and O–H groups in total. The van der Waals surface area contributed by atoms with E-state index in [1.807, 2.05) is 6.07 Å². The zero-order valence-electron chi connectivity index (χ0n) is 9.53. The number of aromatic nitrogens is 2. The molecule has 1 aromatic heterocycles. The first-order valence-electron chi connectivity index (χ1n) is 5.41. The topological polar surface area (TPSA) is 63.8 Å². The molecule has 0 aliphatic carbocycles. The van der Waals surface area contributed by atoms with Gasteiger partial charge in [-0.3, -0.25) is 0 Å². The Hall–Kier alpha value is -1.69. The normalized spacial score (nSPS) is 10.3. The SMILES string of the molecule is Nc1ncc(Br)c(NCCc2cccc(F)c2)n1. The van der Waals surface area contributed by atoms with Gasteiger partial charge in [-0.25, -0.2) is 9.37 Å². The summed E-state index contributed by atoms with van der Waals surface area (Å²) in [4.78, 5) is 7.90. The van der Waals surface area contributed by atoms with Gasteiger partial charge in [-0.05, 0) is 40.0 Å². The molecule has 18 heavy (non-hydrogen) atoms. The highest BCUT2D eigenvalue weighted by Gasteiger charge is 2.02. The van der Waals surface area contributed by atoms with Crippen LogP contribution in [0.15, 0.2) is 34.9 Å². The Morgan fingerprint density at radius 1 is 1.39 bits per heavy atom. The minimum atomic E-state index is -0.222. The number of nitrogens with one attached hydrogen (secondary N) is 1. The second-order valence-electron chi connectivity index (χ2n) is 3.73. The summed E-state index contributed by atoms with van der Waals surface area (Å²) in [7, 11) is 0. The number of rotatable bonds is 4. The summed E-state index contributed by atoms with van der Waals surface area (Å²) in [5.41, 5.74) is 6.43. The van der Waals surface area contributed by atoms with Crippen molar-refractivity contribution in [2.75, 3.05) is 17.6 Å². The van der Waals surface area contributed by atoms with Gasteiger partial charge in [-0.2, -0.15) is 4.98 Å². The number of nitrogens with zero attached hydrogens (tertiary/aromatic N) is 2. The van der Waals surface area contributed by atoms with Gasteiger partial charge < -0.3 is 11.1 Å². The smallest absolute Gasteiger partial charge is 0.221 e. The Morgan fingerprint density at radius 3 is 3.00 bits per heavy atom. The van der Waals surface area contributed by atoms with Crippen molar-refractivity contribution in [3.05, 3.63) is 46.3 Å². The van der Waals surface area contributed by atoms with Crippen LogP contribution in [0.4, 0.5) is 16.2 Å². The number of hydrogen-bond acceptors (Lipinski definition) is 4. The van der Waals surface area contributed by atoms with E-state index < -0.39 is 0 Å². The molecule has 0 fully saturated rings. The monoisotopic (exact) mass is 310 g/mol. The van der Waals surface area contributed by atoms with Crippen molar-refractivity contribution in [2.24, 2.45) is 0 Å². The summed E-state index contributed by atoms with van der Waals surface area (Å²) in [5, 5.41) is 3.12. The lowest BCUT2D eigenvalue weighted by Crippen LogP contribution is -2.08. The molecule has 0 saturated carbocycles. The highest BCUT2D eigenvalue weighted by atomic mass is 79.9. The predicted octanol–water partition coefficient (Wildman–Crippen LogP) is 2.62. The average Bonchev–Trinajstić information content (AvgIpc) is 2.34. The van der Waals surface area contributed by atoms with E-state index in [-0.39, 0.29) is 11.8 Å². The zero-order valence-corrected chi connectivity index (χ0v) is 11.1. The molecule has 6 heteroatoms. The molecule has 0 saturated heterocycles. The summed E-state index contributed by atoms with van der Waals surface area (Å²) in [6, 6.07) is 6.53. The second-order valence-corrected chi connectivity index (χ2v) is 4.59. The van der Waals surface area contributed by atoms with Crippen molar-refractivity contribution in [3.8, 4) is 0 Å². The molecule has 0 aliphatic heterocycles. The Bertz CT molecular complexity index is 547. The summed E-state index contributed by atoms with van der Waals surface area (Å²) in [6.45, 7) is 0.637. The molecule has 0 amide bonds. The number of nitrogens with two attached hydrogens (primary N) is 1. The lowest BCUT2D eigenvalue weighted by atomic mass is 10.1. The lowest BCUT2D eigenvalue weighted by molar-refractivity contribution is 0.625. The number of benzene rings is 1. The Labute approximate surface area is 113 Å². The van der Waals surface area contributed by atoms with Gasteiger partial charge in [0.25, 0.3) is 0 Å². The standard InChI is InChI=1S/C12H12BrFN4/c13-10-7-17-12(15)18-11(10)16-5-4-8-2-1-3-9(14)6-8/h1-3,6-7H,4-5H2,(H3,15,16,17,18). The molecule has 0 radical (unpaired) electrons. The number of nitrogen functional groups attached to an aromatic ring is 1. The van der Waals surface area contributed by atoms with Crippen LogP contribution in [0.3, 0.4) is 0 Å². The average molecular weight is 311 g/mol. The van der Waals surface area contributed by atoms with Gasteiger partial charge in [0.15, 0.2) is 0 Å². The summed E-state index contributed by atoms with van der Waals surface area (Å²) < 4.78 is 13.7. The molecule has 2 rings (SSSR count). The molecular weight excluding hydrogens is 299 g/mol. The van der Waals surface area contributed by atoms with E-state index in [0.29, 0.717) is 18.8 Å². The van der Waals surface area contributed by atoms with Gasteiger partial charge in [0.2, 0.25) is 5.95 Å². The van der Waals surface area contributed by atoms with Crippen LogP contribution in [0.25, 0.3) is 0 Å². The maximum atomic E-state index is 13.0. The van der Waals surface area contributed by atoms with Crippen molar-refractivity contribution in [3.63, 3.8) is 0 Å². The molecule has 94 valence electrons. The van der Waals surface area contributed by atoms with Crippen LogP contribution >= 0.6 is 15.9 Å². The van der Waals surface area contributed by atoms with E-state index in [9.17, 15) is 4.39 Å². The first-order valence-corrected chi connectivity index (χ1v) is 6.21. The fourth-order valence-corrected chi connectivity index (χ4v) is 1.85. The highest BCUT2D eigenvalue weighted by molar-refractivity contribution is 9.10. The lowest BCUT2D eigenvalue weighted by Gasteiger charge is -2.07. The van der Waals surface area contributed by atoms with Crippen LogP contribution in [0.5, 0.6) is 0 Å². The highest BCUT2D eigenvalue weighted by Crippen LogP contribution is 2.19. The molecule has 4 nitrogen and oxygen atoms in total. The number of hydrogen-bond donors (Lipinski definition) is 2. The minimum absolute atomic E-state index is 0.214. The van der Waals surface area contributed by atoms with E-state index in [2.05, 4.69) is 31.2 Å². The molecule has 0 atom stereocenters. The molecule has 0 bridgehead atoms. The van der Waals surface area contributed by atoms with Gasteiger partial charge in [0.05, 0.1) is 4.47 Å². The molecular formula is C12H12BrFN4. The van der Waals surface area contributed by atoms with Crippen LogP contribution < -0.4 is 11.1 Å². The van der Waals surface area contributed by atoms with Crippen molar-refractivity contribution in [1.29, 1.82) is 0 Å². The van der Waals surface area contributed by atoms with Crippen LogP contribution in [-0.2, 0) is 6.42 Å². The van der Waals surface area contributed by atoms with Crippen molar-refractivity contribution < 1.29 is 4.39 Å². The maximum absolute atomic E-state index is 13.0. The van der Waals surface area contributed by atoms with Crippen LogP contribution in [0.2, 0.25) is 0 Å². The van der Waals surface area contributed by atoms with Crippen molar-refractivity contribution in [2.45, 2.75) is 6.42 Å². The van der Waals surface area contributed by atoms with Crippen LogP contribution in [0.1, 0.15) is 5.56 Å². The molecule has 1 aromatic carbocycles. The molecule has 1 heterocycles. The third kappa shape index (κ3) is 3.40. The molecule has 0 aliphatic rings. The number of halogens is 2. The second kappa shape index (κ2) is 5.77. The first kappa shape index (κ1) is 12.8. The summed E-state index contributed by atoms with van der Waals surface area (Å²) in [6.07, 6.45) is 2.29. The fourth-order valence-electron chi connectivity index (χ4n) is 1.52. The van der Waals surface area contributed by atoms with E-state index in [4.69, 9.17) is 5.73 Å². The van der Waals surface area contributed by atoms with Gasteiger partial charge in [0.1, 0.15) is 11.6 Å². The minimum Gasteiger partial charge on any atom is -0.369 e. The van der Waals surface area contributed by atoms with Crippen molar-refractivity contribution >= 4 is 27.7 Å². The van der Waals surface area contributed by atoms with Gasteiger partial charge in [-0.15, -0.1) is 0 Å². The Morgan fingerprint density at radius 2 is 2.22 bits per heavy atom. The van der Waals surface area contributed by atoms with Crippen molar-refractivity contribution in [1.82, 2.24) is 9.97 Å². The van der Waals surface area contributed by atoms with Crippen LogP contribution in [0, 0.1) is 5.82 Å². The maximum Gasteiger partial charge on any atom is 0.221 e. The van der Waals surface area contributed by atoms with Gasteiger partial charge >= 0.3 is 0 Å². The fraction of sp³-hybridized carbons (Fsp3) is 0.167. The first-order chi connectivity index (χ1) is 8.65. The third-order valence-electron chi connectivity index (χ3n) is 2.36. The summed E-state index contributed by atoms with van der Waals surface area (Å²) >= 11 is 3.33. The zero-order chi connectivity index (χ0) is 13.0. The van der Waals surface area contributed by atoms with Crippen LogP contribution in [-0.4, -0.2) is 16.5 Å². The van der Waals surface area contributed by atoms with E-state index in [1.165, 1.54) is 12.1 Å². The van der Waals surface area contributed by atoms with E-state index >= 15 is 0 Å². The van der Waals surface area contributed by atoms with E-state index in [1.54, 1.807) is 12.3 Å². The molecule has 0 spiro atoms. The molecule has 0 unspecified atom stereocenters. The number of anilines is 2. The van der Waals surface area contributed by atoms with Gasteiger partial charge in [0, 0.05) is 12.7 Å². The Kier molecular flexibility index (Phi) is 4.09. The Balaban J connectivity index is 1.94. The molecule has 2 aromatic rings. The quantitative estimate of drug-likeness (QED) is 0.911.